The summed E-state index contributed by atoms with van der Waals surface area (Å²) in [5.41, 5.74) is 3.30. The number of esters is 1. The van der Waals surface area contributed by atoms with Crippen LogP contribution in [0.2, 0.25) is 0 Å². The maximum absolute atomic E-state index is 12.5. The van der Waals surface area contributed by atoms with Crippen LogP contribution in [-0.2, 0) is 22.6 Å². The van der Waals surface area contributed by atoms with Gasteiger partial charge >= 0.3 is 5.97 Å². The van der Waals surface area contributed by atoms with Gasteiger partial charge in [-0.2, -0.15) is 0 Å². The Morgan fingerprint density at radius 3 is 2.79 bits per heavy atom. The molecule has 0 aliphatic carbocycles. The van der Waals surface area contributed by atoms with Gasteiger partial charge < -0.3 is 10.1 Å². The van der Waals surface area contributed by atoms with E-state index in [1.807, 2.05) is 30.3 Å². The van der Waals surface area contributed by atoms with Crippen molar-refractivity contribution in [3.63, 3.8) is 0 Å². The number of aryl methyl sites for hydroxylation is 1. The SMILES string of the molecule is Cc1nc(NC(=O)c2ccc3c(c2)CC(=O)N3)sc1C(=O)OCc1ccccc1. The highest BCUT2D eigenvalue weighted by Gasteiger charge is 2.21. The molecule has 2 heterocycles. The van der Waals surface area contributed by atoms with E-state index in [4.69, 9.17) is 4.74 Å². The number of thiazole rings is 1. The maximum atomic E-state index is 12.5. The number of carbonyl (C=O) groups excluding carboxylic acids is 3. The number of hydrogen-bond donors (Lipinski definition) is 2. The predicted molar refractivity (Wildman–Crippen MR) is 109 cm³/mol. The minimum atomic E-state index is -0.480. The lowest BCUT2D eigenvalue weighted by Gasteiger charge is -2.04. The highest BCUT2D eigenvalue weighted by atomic mass is 32.1. The number of carbonyl (C=O) groups is 3. The van der Waals surface area contributed by atoms with E-state index in [0.717, 1.165) is 28.2 Å². The summed E-state index contributed by atoms with van der Waals surface area (Å²) in [5.74, 6) is -0.927. The molecule has 1 aromatic heterocycles. The summed E-state index contributed by atoms with van der Waals surface area (Å²) < 4.78 is 5.34. The van der Waals surface area contributed by atoms with Gasteiger partial charge in [-0.25, -0.2) is 9.78 Å². The fraction of sp³-hybridized carbons (Fsp3) is 0.143. The van der Waals surface area contributed by atoms with Crippen molar-refractivity contribution in [2.24, 2.45) is 0 Å². The minimum absolute atomic E-state index is 0.0910. The monoisotopic (exact) mass is 407 g/mol. The lowest BCUT2D eigenvalue weighted by atomic mass is 10.1. The molecule has 146 valence electrons. The van der Waals surface area contributed by atoms with Crippen molar-refractivity contribution in [3.8, 4) is 0 Å². The molecule has 0 bridgehead atoms. The minimum Gasteiger partial charge on any atom is -0.457 e. The molecule has 0 spiro atoms. The quantitative estimate of drug-likeness (QED) is 0.631. The summed E-state index contributed by atoms with van der Waals surface area (Å²) in [5, 5.41) is 5.75. The van der Waals surface area contributed by atoms with Crippen LogP contribution in [0.15, 0.2) is 48.5 Å². The van der Waals surface area contributed by atoms with E-state index in [9.17, 15) is 14.4 Å². The number of ether oxygens (including phenoxy) is 1. The highest BCUT2D eigenvalue weighted by molar-refractivity contribution is 7.17. The first-order valence-corrected chi connectivity index (χ1v) is 9.74. The van der Waals surface area contributed by atoms with Crippen molar-refractivity contribution in [1.29, 1.82) is 0 Å². The Kier molecular flexibility index (Phi) is 5.09. The van der Waals surface area contributed by atoms with Gasteiger partial charge in [0.05, 0.1) is 12.1 Å². The summed E-state index contributed by atoms with van der Waals surface area (Å²) in [6.07, 6.45) is 0.254. The Morgan fingerprint density at radius 2 is 2.00 bits per heavy atom. The zero-order valence-electron chi connectivity index (χ0n) is 15.5. The van der Waals surface area contributed by atoms with Crippen molar-refractivity contribution >= 4 is 39.9 Å². The van der Waals surface area contributed by atoms with Crippen LogP contribution in [0.25, 0.3) is 0 Å². The number of anilines is 2. The van der Waals surface area contributed by atoms with Crippen molar-refractivity contribution < 1.29 is 19.1 Å². The summed E-state index contributed by atoms with van der Waals surface area (Å²) in [6.45, 7) is 1.86. The lowest BCUT2D eigenvalue weighted by molar-refractivity contribution is -0.115. The van der Waals surface area contributed by atoms with Gasteiger partial charge in [0.1, 0.15) is 11.5 Å². The van der Waals surface area contributed by atoms with Gasteiger partial charge in [0.2, 0.25) is 5.91 Å². The molecule has 2 N–H and O–H groups in total. The molecule has 1 aliphatic rings. The van der Waals surface area contributed by atoms with E-state index in [0.29, 0.717) is 21.3 Å². The van der Waals surface area contributed by atoms with Gasteiger partial charge in [0.15, 0.2) is 5.13 Å². The van der Waals surface area contributed by atoms with E-state index in [1.54, 1.807) is 25.1 Å². The summed E-state index contributed by atoms with van der Waals surface area (Å²) in [6, 6.07) is 14.4. The third-order valence-corrected chi connectivity index (χ3v) is 5.46. The molecule has 8 heteroatoms. The third kappa shape index (κ3) is 4.17. The van der Waals surface area contributed by atoms with Gasteiger partial charge in [-0.1, -0.05) is 41.7 Å². The number of benzene rings is 2. The van der Waals surface area contributed by atoms with Crippen molar-refractivity contribution in [1.82, 2.24) is 4.98 Å². The zero-order chi connectivity index (χ0) is 20.4. The predicted octanol–water partition coefficient (Wildman–Crippen LogP) is 3.56. The normalized spacial score (nSPS) is 12.2. The Labute approximate surface area is 170 Å². The molecule has 0 fully saturated rings. The third-order valence-electron chi connectivity index (χ3n) is 4.41. The molecule has 0 unspecified atom stereocenters. The molecular formula is C21H17N3O4S. The number of aromatic nitrogens is 1. The molecule has 0 saturated heterocycles. The summed E-state index contributed by atoms with van der Waals surface area (Å²) >= 11 is 1.07. The fourth-order valence-corrected chi connectivity index (χ4v) is 3.82. The largest absolute Gasteiger partial charge is 0.457 e. The number of nitrogens with one attached hydrogen (secondary N) is 2. The number of nitrogens with zero attached hydrogens (tertiary/aromatic N) is 1. The second kappa shape index (κ2) is 7.84. The van der Waals surface area contributed by atoms with Crippen molar-refractivity contribution in [3.05, 3.63) is 75.8 Å². The Bertz CT molecular complexity index is 1110. The van der Waals surface area contributed by atoms with Crippen LogP contribution >= 0.6 is 11.3 Å². The van der Waals surface area contributed by atoms with Gasteiger partial charge in [-0.05, 0) is 36.2 Å². The fourth-order valence-electron chi connectivity index (χ4n) is 2.97. The molecule has 7 nitrogen and oxygen atoms in total. The number of hydrogen-bond acceptors (Lipinski definition) is 6. The van der Waals surface area contributed by atoms with Crippen LogP contribution in [0.1, 0.15) is 36.9 Å². The molecule has 2 amide bonds. The molecule has 1 aliphatic heterocycles. The second-order valence-corrected chi connectivity index (χ2v) is 7.55. The smallest absolute Gasteiger partial charge is 0.350 e. The molecule has 4 rings (SSSR count). The highest BCUT2D eigenvalue weighted by Crippen LogP contribution is 2.26. The molecule has 0 radical (unpaired) electrons. The van der Waals surface area contributed by atoms with Crippen molar-refractivity contribution in [2.75, 3.05) is 10.6 Å². The number of rotatable bonds is 5. The Morgan fingerprint density at radius 1 is 1.21 bits per heavy atom. The topological polar surface area (TPSA) is 97.4 Å². The van der Waals surface area contributed by atoms with Crippen LogP contribution < -0.4 is 10.6 Å². The zero-order valence-corrected chi connectivity index (χ0v) is 16.3. The summed E-state index contributed by atoms with van der Waals surface area (Å²) in [7, 11) is 0. The van der Waals surface area contributed by atoms with E-state index in [2.05, 4.69) is 15.6 Å². The average Bonchev–Trinajstić information content (AvgIpc) is 3.27. The standard InChI is InChI=1S/C21H17N3O4S/c1-12-18(20(27)28-11-13-5-3-2-4-6-13)29-21(22-12)24-19(26)14-7-8-16-15(9-14)10-17(25)23-16/h2-9H,10-11H2,1H3,(H,23,25)(H,22,24,26). The van der Waals surface area contributed by atoms with Crippen LogP contribution in [-0.4, -0.2) is 22.8 Å². The van der Waals surface area contributed by atoms with Gasteiger partial charge in [-0.3, -0.25) is 14.9 Å². The Balaban J connectivity index is 1.42. The van der Waals surface area contributed by atoms with E-state index in [1.165, 1.54) is 0 Å². The first-order valence-electron chi connectivity index (χ1n) is 8.92. The molecule has 0 atom stereocenters. The molecule has 3 aromatic rings. The van der Waals surface area contributed by atoms with Crippen LogP contribution in [0, 0.1) is 6.92 Å². The Hall–Kier alpha value is -3.52. The first-order chi connectivity index (χ1) is 14.0. The molecule has 0 saturated carbocycles. The van der Waals surface area contributed by atoms with E-state index >= 15 is 0 Å². The second-order valence-electron chi connectivity index (χ2n) is 6.55. The van der Waals surface area contributed by atoms with E-state index in [-0.39, 0.29) is 24.8 Å². The van der Waals surface area contributed by atoms with Crippen LogP contribution in [0.5, 0.6) is 0 Å². The van der Waals surface area contributed by atoms with Crippen LogP contribution in [0.4, 0.5) is 10.8 Å². The van der Waals surface area contributed by atoms with E-state index < -0.39 is 5.97 Å². The number of fused-ring (bicyclic) bond motifs is 1. The summed E-state index contributed by atoms with van der Waals surface area (Å²) in [4.78, 5) is 41.0. The van der Waals surface area contributed by atoms with Gasteiger partial charge in [0, 0.05) is 11.3 Å². The molecular weight excluding hydrogens is 390 g/mol. The van der Waals surface area contributed by atoms with Crippen LogP contribution in [0.3, 0.4) is 0 Å². The molecule has 29 heavy (non-hydrogen) atoms. The van der Waals surface area contributed by atoms with Gasteiger partial charge in [-0.15, -0.1) is 0 Å². The lowest BCUT2D eigenvalue weighted by Crippen LogP contribution is -2.11. The first kappa shape index (κ1) is 18.8. The maximum Gasteiger partial charge on any atom is 0.350 e. The molecule has 2 aromatic carbocycles. The van der Waals surface area contributed by atoms with Gasteiger partial charge in [0.25, 0.3) is 5.91 Å². The number of amides is 2. The average molecular weight is 407 g/mol. The van der Waals surface area contributed by atoms with Crippen molar-refractivity contribution in [2.45, 2.75) is 20.0 Å².